The molecule has 0 unspecified atom stereocenters. The number of pyridine rings is 1. The number of amides is 1. The smallest absolute Gasteiger partial charge is 0.275 e. The maximum atomic E-state index is 11.6. The van der Waals surface area contributed by atoms with Crippen molar-refractivity contribution in [3.8, 4) is 0 Å². The van der Waals surface area contributed by atoms with E-state index in [0.29, 0.717) is 11.4 Å². The quantitative estimate of drug-likeness (QED) is 0.492. The van der Waals surface area contributed by atoms with Crippen molar-refractivity contribution < 1.29 is 4.79 Å². The van der Waals surface area contributed by atoms with Crippen molar-refractivity contribution in [2.75, 3.05) is 7.05 Å². The second-order valence-electron chi connectivity index (χ2n) is 4.24. The Kier molecular flexibility index (Phi) is 4.62. The van der Waals surface area contributed by atoms with Crippen LogP contribution in [0.2, 0.25) is 0 Å². The Labute approximate surface area is 116 Å². The second kappa shape index (κ2) is 6.42. The number of nitrogens with zero attached hydrogens (tertiary/aromatic N) is 2. The average molecular weight is 276 g/mol. The van der Waals surface area contributed by atoms with E-state index in [9.17, 15) is 4.79 Å². The van der Waals surface area contributed by atoms with Crippen molar-refractivity contribution in [1.82, 2.24) is 15.3 Å². The van der Waals surface area contributed by atoms with Crippen LogP contribution in [-0.2, 0) is 13.1 Å². The molecule has 5 nitrogen and oxygen atoms in total. The Balaban J connectivity index is 2.01. The minimum absolute atomic E-state index is 0.240. The van der Waals surface area contributed by atoms with Gasteiger partial charge in [0.1, 0.15) is 0 Å². The van der Waals surface area contributed by atoms with E-state index < -0.39 is 0 Å². The first-order valence-corrected chi connectivity index (χ1v) is 6.74. The molecule has 0 saturated carbocycles. The van der Waals surface area contributed by atoms with Gasteiger partial charge in [-0.2, -0.15) is 0 Å². The molecular formula is C13H16N4OS. The lowest BCUT2D eigenvalue weighted by Gasteiger charge is -2.16. The average Bonchev–Trinajstić information content (AvgIpc) is 2.87. The third-order valence-electron chi connectivity index (χ3n) is 2.68. The molecule has 0 aliphatic carbocycles. The molecule has 2 rings (SSSR count). The number of hydrogen-bond donors (Lipinski definition) is 2. The number of aromatic nitrogens is 1. The van der Waals surface area contributed by atoms with E-state index in [1.165, 1.54) is 11.3 Å². The van der Waals surface area contributed by atoms with Crippen LogP contribution >= 0.6 is 11.3 Å². The first-order chi connectivity index (χ1) is 9.20. The number of hydrazine groups is 1. The van der Waals surface area contributed by atoms with Gasteiger partial charge in [0.2, 0.25) is 0 Å². The summed E-state index contributed by atoms with van der Waals surface area (Å²) >= 11 is 1.40. The van der Waals surface area contributed by atoms with Gasteiger partial charge in [-0.25, -0.2) is 5.84 Å². The predicted octanol–water partition coefficient (Wildman–Crippen LogP) is 1.38. The fraction of sp³-hybridized carbons (Fsp3) is 0.231. The molecule has 0 saturated heterocycles. The van der Waals surface area contributed by atoms with E-state index >= 15 is 0 Å². The number of carbonyl (C=O) groups excluding carboxylic acids is 1. The van der Waals surface area contributed by atoms with E-state index in [1.807, 2.05) is 36.7 Å². The van der Waals surface area contributed by atoms with Gasteiger partial charge in [-0.1, -0.05) is 6.07 Å². The van der Waals surface area contributed by atoms with Gasteiger partial charge in [-0.3, -0.25) is 20.1 Å². The molecule has 19 heavy (non-hydrogen) atoms. The van der Waals surface area contributed by atoms with Gasteiger partial charge in [0.05, 0.1) is 10.6 Å². The van der Waals surface area contributed by atoms with E-state index in [2.05, 4.69) is 15.3 Å². The van der Waals surface area contributed by atoms with Crippen LogP contribution in [0.4, 0.5) is 0 Å². The Hall–Kier alpha value is -1.76. The number of nitrogens with two attached hydrogens (primary N) is 1. The molecule has 0 aromatic carbocycles. The van der Waals surface area contributed by atoms with Crippen LogP contribution < -0.4 is 11.3 Å². The summed E-state index contributed by atoms with van der Waals surface area (Å²) in [4.78, 5) is 18.6. The van der Waals surface area contributed by atoms with E-state index in [4.69, 9.17) is 5.84 Å². The molecule has 6 heteroatoms. The van der Waals surface area contributed by atoms with Gasteiger partial charge in [0.25, 0.3) is 5.91 Å². The number of thiophene rings is 1. The molecule has 2 heterocycles. The highest BCUT2D eigenvalue weighted by Crippen LogP contribution is 2.18. The summed E-state index contributed by atoms with van der Waals surface area (Å²) in [6, 6.07) is 7.79. The minimum Gasteiger partial charge on any atom is -0.296 e. The highest BCUT2D eigenvalue weighted by molar-refractivity contribution is 7.12. The van der Waals surface area contributed by atoms with Crippen LogP contribution in [0.3, 0.4) is 0 Å². The Morgan fingerprint density at radius 2 is 2.26 bits per heavy atom. The van der Waals surface area contributed by atoms with Crippen LogP contribution in [0.1, 0.15) is 20.9 Å². The van der Waals surface area contributed by atoms with E-state index in [0.717, 1.165) is 17.8 Å². The molecule has 100 valence electrons. The summed E-state index contributed by atoms with van der Waals surface area (Å²) in [6.07, 6.45) is 1.78. The number of hydrogen-bond acceptors (Lipinski definition) is 5. The lowest BCUT2D eigenvalue weighted by atomic mass is 10.2. The standard InChI is InChI=1S/C13H16N4OS/c1-17(9-11-4-2-3-6-15-11)8-10-5-7-19-12(10)13(18)16-14/h2-7H,8-9,14H2,1H3,(H,16,18). The largest absolute Gasteiger partial charge is 0.296 e. The molecule has 3 N–H and O–H groups in total. The van der Waals surface area contributed by atoms with Crippen molar-refractivity contribution in [2.45, 2.75) is 13.1 Å². The maximum Gasteiger partial charge on any atom is 0.275 e. The zero-order valence-electron chi connectivity index (χ0n) is 10.7. The normalized spacial score (nSPS) is 10.7. The molecule has 2 aromatic heterocycles. The van der Waals surface area contributed by atoms with Gasteiger partial charge < -0.3 is 0 Å². The van der Waals surface area contributed by atoms with Crippen molar-refractivity contribution in [2.24, 2.45) is 5.84 Å². The highest BCUT2D eigenvalue weighted by atomic mass is 32.1. The molecule has 1 amide bonds. The predicted molar refractivity (Wildman–Crippen MR) is 75.4 cm³/mol. The highest BCUT2D eigenvalue weighted by Gasteiger charge is 2.13. The summed E-state index contributed by atoms with van der Waals surface area (Å²) in [5.41, 5.74) is 4.15. The van der Waals surface area contributed by atoms with Crippen molar-refractivity contribution in [3.63, 3.8) is 0 Å². The third kappa shape index (κ3) is 3.60. The zero-order valence-corrected chi connectivity index (χ0v) is 11.5. The SMILES string of the molecule is CN(Cc1ccccn1)Cc1ccsc1C(=O)NN. The Morgan fingerprint density at radius 3 is 2.95 bits per heavy atom. The summed E-state index contributed by atoms with van der Waals surface area (Å²) in [6.45, 7) is 1.42. The monoisotopic (exact) mass is 276 g/mol. The number of nitrogen functional groups attached to an aromatic ring is 1. The molecule has 0 atom stereocenters. The number of rotatable bonds is 5. The molecule has 0 fully saturated rings. The summed E-state index contributed by atoms with van der Waals surface area (Å²) in [5, 5.41) is 1.90. The zero-order chi connectivity index (χ0) is 13.7. The van der Waals surface area contributed by atoms with Crippen LogP contribution in [0.5, 0.6) is 0 Å². The Morgan fingerprint density at radius 1 is 1.42 bits per heavy atom. The van der Waals surface area contributed by atoms with Crippen LogP contribution in [0.25, 0.3) is 0 Å². The second-order valence-corrected chi connectivity index (χ2v) is 5.16. The van der Waals surface area contributed by atoms with Gasteiger partial charge in [0.15, 0.2) is 0 Å². The van der Waals surface area contributed by atoms with E-state index in [-0.39, 0.29) is 5.91 Å². The fourth-order valence-corrected chi connectivity index (χ4v) is 2.66. The lowest BCUT2D eigenvalue weighted by molar-refractivity contribution is 0.0956. The molecule has 0 bridgehead atoms. The number of nitrogens with one attached hydrogen (secondary N) is 1. The molecule has 0 aliphatic rings. The Bertz CT molecular complexity index is 541. The minimum atomic E-state index is -0.240. The van der Waals surface area contributed by atoms with Crippen LogP contribution in [-0.4, -0.2) is 22.8 Å². The first kappa shape index (κ1) is 13.7. The van der Waals surface area contributed by atoms with Gasteiger partial charge in [-0.05, 0) is 36.2 Å². The fourth-order valence-electron chi connectivity index (χ4n) is 1.84. The topological polar surface area (TPSA) is 71.2 Å². The lowest BCUT2D eigenvalue weighted by Crippen LogP contribution is -2.30. The molecular weight excluding hydrogens is 260 g/mol. The third-order valence-corrected chi connectivity index (χ3v) is 3.64. The summed E-state index contributed by atoms with van der Waals surface area (Å²) < 4.78 is 0. The van der Waals surface area contributed by atoms with Crippen molar-refractivity contribution in [3.05, 3.63) is 52.0 Å². The number of carbonyl (C=O) groups is 1. The molecule has 2 aromatic rings. The summed E-state index contributed by atoms with van der Waals surface area (Å²) in [7, 11) is 2.00. The van der Waals surface area contributed by atoms with E-state index in [1.54, 1.807) is 6.20 Å². The molecule has 0 spiro atoms. The van der Waals surface area contributed by atoms with Gasteiger partial charge >= 0.3 is 0 Å². The maximum absolute atomic E-state index is 11.6. The first-order valence-electron chi connectivity index (χ1n) is 5.86. The van der Waals surface area contributed by atoms with Crippen molar-refractivity contribution >= 4 is 17.2 Å². The summed E-state index contributed by atoms with van der Waals surface area (Å²) in [5.74, 6) is 4.93. The van der Waals surface area contributed by atoms with Gasteiger partial charge in [-0.15, -0.1) is 11.3 Å². The van der Waals surface area contributed by atoms with Gasteiger partial charge in [0, 0.05) is 19.3 Å². The molecule has 0 radical (unpaired) electrons. The van der Waals surface area contributed by atoms with Crippen LogP contribution in [0.15, 0.2) is 35.8 Å². The van der Waals surface area contributed by atoms with Crippen molar-refractivity contribution in [1.29, 1.82) is 0 Å². The van der Waals surface area contributed by atoms with Crippen LogP contribution in [0, 0.1) is 0 Å². The molecule has 0 aliphatic heterocycles.